The van der Waals surface area contributed by atoms with Crippen LogP contribution < -0.4 is 0 Å². The maximum absolute atomic E-state index is 4.54. The van der Waals surface area contributed by atoms with Crippen molar-refractivity contribution in [3.05, 3.63) is 34.3 Å². The number of thiophene rings is 2. The molecule has 0 unspecified atom stereocenters. The summed E-state index contributed by atoms with van der Waals surface area (Å²) in [6.45, 7) is 4.22. The molecule has 0 fully saturated rings. The third kappa shape index (κ3) is 2.33. The van der Waals surface area contributed by atoms with Crippen LogP contribution in [0.25, 0.3) is 20.9 Å². The van der Waals surface area contributed by atoms with Crippen molar-refractivity contribution in [1.29, 1.82) is 0 Å². The van der Waals surface area contributed by atoms with E-state index in [2.05, 4.69) is 39.0 Å². The number of nitrogens with one attached hydrogen (secondary N) is 1. The summed E-state index contributed by atoms with van der Waals surface area (Å²) in [4.78, 5) is 16.7. The molecular formula is C14H11N5S3. The van der Waals surface area contributed by atoms with Gasteiger partial charge in [-0.1, -0.05) is 6.07 Å². The molecule has 110 valence electrons. The van der Waals surface area contributed by atoms with E-state index in [1.165, 1.54) is 22.2 Å². The van der Waals surface area contributed by atoms with Gasteiger partial charge in [-0.25, -0.2) is 15.0 Å². The Kier molecular flexibility index (Phi) is 3.44. The molecule has 0 atom stereocenters. The second-order valence-electron chi connectivity index (χ2n) is 4.69. The number of aromatic nitrogens is 5. The minimum Gasteiger partial charge on any atom is -0.257 e. The van der Waals surface area contributed by atoms with E-state index in [9.17, 15) is 0 Å². The molecule has 4 aromatic rings. The van der Waals surface area contributed by atoms with Crippen LogP contribution in [-0.2, 0) is 0 Å². The molecule has 0 bridgehead atoms. The smallest absolute Gasteiger partial charge is 0.215 e. The van der Waals surface area contributed by atoms with Gasteiger partial charge in [0, 0.05) is 10.3 Å². The van der Waals surface area contributed by atoms with Crippen LogP contribution in [0.15, 0.2) is 34.0 Å². The fraction of sp³-hybridized carbons (Fsp3) is 0.143. The first-order valence-corrected chi connectivity index (χ1v) is 9.08. The highest BCUT2D eigenvalue weighted by molar-refractivity contribution is 7.99. The number of rotatable bonds is 3. The molecule has 4 aromatic heterocycles. The zero-order chi connectivity index (χ0) is 15.1. The fourth-order valence-electron chi connectivity index (χ4n) is 2.13. The number of H-pyrrole nitrogens is 1. The van der Waals surface area contributed by atoms with Crippen molar-refractivity contribution < 1.29 is 0 Å². The number of hydrogen-bond donors (Lipinski definition) is 1. The summed E-state index contributed by atoms with van der Waals surface area (Å²) in [7, 11) is 0. The van der Waals surface area contributed by atoms with Gasteiger partial charge in [-0.2, -0.15) is 0 Å². The standard InChI is InChI=1S/C14H11N5S3/c1-7-8(2)21-12-10(7)13(16-6-15-12)22-14-17-11(18-19-14)9-4-3-5-20-9/h3-6H,1-2H3,(H,17,18,19). The van der Waals surface area contributed by atoms with E-state index in [-0.39, 0.29) is 0 Å². The lowest BCUT2D eigenvalue weighted by molar-refractivity contribution is 0.968. The Hall–Kier alpha value is -1.77. The van der Waals surface area contributed by atoms with Gasteiger partial charge in [-0.15, -0.1) is 27.8 Å². The Bertz CT molecular complexity index is 939. The van der Waals surface area contributed by atoms with Crippen molar-refractivity contribution in [1.82, 2.24) is 25.1 Å². The zero-order valence-electron chi connectivity index (χ0n) is 11.8. The Morgan fingerprint density at radius 3 is 2.95 bits per heavy atom. The third-order valence-electron chi connectivity index (χ3n) is 3.34. The van der Waals surface area contributed by atoms with Crippen LogP contribution in [-0.4, -0.2) is 25.1 Å². The molecule has 4 heterocycles. The maximum atomic E-state index is 4.54. The van der Waals surface area contributed by atoms with Crippen LogP contribution in [0.1, 0.15) is 10.4 Å². The second-order valence-corrected chi connectivity index (χ2v) is 7.80. The summed E-state index contributed by atoms with van der Waals surface area (Å²) >= 11 is 4.80. The van der Waals surface area contributed by atoms with Crippen molar-refractivity contribution in [3.63, 3.8) is 0 Å². The number of aryl methyl sites for hydroxylation is 2. The highest BCUT2D eigenvalue weighted by Gasteiger charge is 2.15. The molecule has 0 spiro atoms. The van der Waals surface area contributed by atoms with Crippen molar-refractivity contribution in [3.8, 4) is 10.7 Å². The lowest BCUT2D eigenvalue weighted by atomic mass is 10.2. The lowest BCUT2D eigenvalue weighted by Crippen LogP contribution is -1.86. The first-order valence-electron chi connectivity index (χ1n) is 6.57. The lowest BCUT2D eigenvalue weighted by Gasteiger charge is -1.99. The van der Waals surface area contributed by atoms with E-state index < -0.39 is 0 Å². The van der Waals surface area contributed by atoms with E-state index in [1.54, 1.807) is 29.0 Å². The maximum Gasteiger partial charge on any atom is 0.215 e. The Balaban J connectivity index is 1.72. The molecule has 0 saturated heterocycles. The molecule has 8 heteroatoms. The average molecular weight is 345 g/mol. The quantitative estimate of drug-likeness (QED) is 0.561. The summed E-state index contributed by atoms with van der Waals surface area (Å²) in [5.41, 5.74) is 1.23. The number of fused-ring (bicyclic) bond motifs is 1. The van der Waals surface area contributed by atoms with Crippen molar-refractivity contribution in [2.24, 2.45) is 0 Å². The van der Waals surface area contributed by atoms with E-state index in [0.717, 1.165) is 25.9 Å². The molecule has 22 heavy (non-hydrogen) atoms. The van der Waals surface area contributed by atoms with Crippen LogP contribution >= 0.6 is 34.4 Å². The highest BCUT2D eigenvalue weighted by Crippen LogP contribution is 2.36. The molecule has 0 aliphatic carbocycles. The molecule has 1 N–H and O–H groups in total. The van der Waals surface area contributed by atoms with Gasteiger partial charge in [-0.05, 0) is 42.6 Å². The minimum absolute atomic E-state index is 0.673. The van der Waals surface area contributed by atoms with Crippen LogP contribution in [0.4, 0.5) is 0 Å². The van der Waals surface area contributed by atoms with Crippen LogP contribution in [0.2, 0.25) is 0 Å². The molecule has 5 nitrogen and oxygen atoms in total. The fourth-order valence-corrected chi connectivity index (χ4v) is 4.71. The van der Waals surface area contributed by atoms with E-state index in [1.807, 2.05) is 17.5 Å². The third-order valence-corrected chi connectivity index (χ3v) is 6.20. The zero-order valence-corrected chi connectivity index (χ0v) is 14.3. The highest BCUT2D eigenvalue weighted by atomic mass is 32.2. The molecule has 0 saturated carbocycles. The van der Waals surface area contributed by atoms with Crippen LogP contribution in [0.5, 0.6) is 0 Å². The normalized spacial score (nSPS) is 11.4. The Morgan fingerprint density at radius 2 is 2.14 bits per heavy atom. The predicted octanol–water partition coefficient (Wildman–Crippen LogP) is 4.31. The monoisotopic (exact) mass is 345 g/mol. The predicted molar refractivity (Wildman–Crippen MR) is 90.7 cm³/mol. The van der Waals surface area contributed by atoms with E-state index in [0.29, 0.717) is 5.16 Å². The summed E-state index contributed by atoms with van der Waals surface area (Å²) in [5.74, 6) is 0.793. The van der Waals surface area contributed by atoms with Crippen LogP contribution in [0, 0.1) is 13.8 Å². The minimum atomic E-state index is 0.673. The largest absolute Gasteiger partial charge is 0.257 e. The first-order chi connectivity index (χ1) is 10.7. The number of nitrogens with zero attached hydrogens (tertiary/aromatic N) is 4. The molecule has 0 aliphatic rings. The van der Waals surface area contributed by atoms with Gasteiger partial charge in [0.1, 0.15) is 16.2 Å². The van der Waals surface area contributed by atoms with Gasteiger partial charge in [0.2, 0.25) is 5.16 Å². The topological polar surface area (TPSA) is 67.3 Å². The van der Waals surface area contributed by atoms with Crippen molar-refractivity contribution >= 4 is 44.7 Å². The molecular weight excluding hydrogens is 334 g/mol. The summed E-state index contributed by atoms with van der Waals surface area (Å²) < 4.78 is 0. The Labute approximate surface area is 138 Å². The molecule has 0 amide bonds. The average Bonchev–Trinajstić information content (AvgIpc) is 3.21. The van der Waals surface area contributed by atoms with Gasteiger partial charge in [0.15, 0.2) is 5.82 Å². The summed E-state index contributed by atoms with van der Waals surface area (Å²) in [5, 5.41) is 12.0. The van der Waals surface area contributed by atoms with Gasteiger partial charge >= 0.3 is 0 Å². The number of hydrogen-bond acceptors (Lipinski definition) is 7. The van der Waals surface area contributed by atoms with Gasteiger partial charge in [-0.3, -0.25) is 5.10 Å². The molecule has 0 aliphatic heterocycles. The number of aromatic amines is 1. The van der Waals surface area contributed by atoms with Crippen molar-refractivity contribution in [2.45, 2.75) is 24.0 Å². The Morgan fingerprint density at radius 1 is 1.23 bits per heavy atom. The van der Waals surface area contributed by atoms with Crippen LogP contribution in [0.3, 0.4) is 0 Å². The second kappa shape index (κ2) is 5.45. The summed E-state index contributed by atoms with van der Waals surface area (Å²) in [6.07, 6.45) is 1.60. The van der Waals surface area contributed by atoms with E-state index in [4.69, 9.17) is 0 Å². The first kappa shape index (κ1) is 13.9. The molecule has 4 rings (SSSR count). The van der Waals surface area contributed by atoms with Crippen molar-refractivity contribution in [2.75, 3.05) is 0 Å². The molecule has 0 radical (unpaired) electrons. The van der Waals surface area contributed by atoms with Gasteiger partial charge in [0.25, 0.3) is 0 Å². The van der Waals surface area contributed by atoms with E-state index >= 15 is 0 Å². The summed E-state index contributed by atoms with van der Waals surface area (Å²) in [6, 6.07) is 4.02. The van der Waals surface area contributed by atoms with Gasteiger partial charge in [0.05, 0.1) is 4.88 Å². The SMILES string of the molecule is Cc1sc2ncnc(Sc3n[nH]c(-c4cccs4)n3)c2c1C. The molecule has 0 aromatic carbocycles. The van der Waals surface area contributed by atoms with Gasteiger partial charge < -0.3 is 0 Å².